The average molecular weight is 311 g/mol. The van der Waals surface area contributed by atoms with Crippen molar-refractivity contribution >= 4 is 22.2 Å². The largest absolute Gasteiger partial charge is 0.486 e. The van der Waals surface area contributed by atoms with Crippen molar-refractivity contribution in [2.45, 2.75) is 20.5 Å². The van der Waals surface area contributed by atoms with Crippen LogP contribution in [0, 0.1) is 13.8 Å². The Balaban J connectivity index is 2.24. The maximum atomic E-state index is 11.0. The van der Waals surface area contributed by atoms with E-state index in [1.165, 1.54) is 0 Å². The van der Waals surface area contributed by atoms with Gasteiger partial charge in [0, 0.05) is 4.47 Å². The molecule has 0 aliphatic heterocycles. The summed E-state index contributed by atoms with van der Waals surface area (Å²) in [5, 5.41) is 7.39. The van der Waals surface area contributed by atoms with Crippen LogP contribution in [0.1, 0.15) is 27.3 Å². The van der Waals surface area contributed by atoms with Crippen LogP contribution in [0.3, 0.4) is 0 Å². The molecule has 0 amide bonds. The zero-order valence-electron chi connectivity index (χ0n) is 9.94. The summed E-state index contributed by atoms with van der Waals surface area (Å²) in [6.07, 6.45) is 0.765. The molecule has 0 unspecified atom stereocenters. The highest BCUT2D eigenvalue weighted by molar-refractivity contribution is 9.10. The number of rotatable bonds is 4. The lowest BCUT2D eigenvalue weighted by atomic mass is 10.1. The van der Waals surface area contributed by atoms with Crippen LogP contribution in [-0.4, -0.2) is 16.6 Å². The van der Waals surface area contributed by atoms with E-state index in [0.717, 1.165) is 16.3 Å². The number of ether oxygens (including phenoxy) is 1. The van der Waals surface area contributed by atoms with Gasteiger partial charge >= 0.3 is 0 Å². The summed E-state index contributed by atoms with van der Waals surface area (Å²) in [5.74, 6) is 0.551. The van der Waals surface area contributed by atoms with Crippen LogP contribution < -0.4 is 4.74 Å². The molecule has 94 valence electrons. The third-order valence-corrected chi connectivity index (χ3v) is 2.95. The molecule has 0 bridgehead atoms. The molecular weight excluding hydrogens is 300 g/mol. The molecule has 0 atom stereocenters. The molecule has 2 rings (SSSR count). The van der Waals surface area contributed by atoms with Gasteiger partial charge in [-0.25, -0.2) is 4.63 Å². The molecular formula is C12H11BrN2O3. The smallest absolute Gasteiger partial charge is 0.153 e. The first-order chi connectivity index (χ1) is 8.61. The van der Waals surface area contributed by atoms with Gasteiger partial charge in [0.25, 0.3) is 0 Å². The maximum absolute atomic E-state index is 11.0. The third kappa shape index (κ3) is 2.59. The number of nitrogens with zero attached hydrogens (tertiary/aromatic N) is 2. The second-order valence-electron chi connectivity index (χ2n) is 3.84. The monoisotopic (exact) mass is 310 g/mol. The molecule has 0 spiro atoms. The highest BCUT2D eigenvalue weighted by Gasteiger charge is 2.11. The van der Waals surface area contributed by atoms with Crippen molar-refractivity contribution in [1.82, 2.24) is 10.3 Å². The predicted octanol–water partition coefficient (Wildman–Crippen LogP) is 2.84. The second-order valence-corrected chi connectivity index (χ2v) is 4.76. The molecule has 0 radical (unpaired) electrons. The van der Waals surface area contributed by atoms with Crippen LogP contribution in [-0.2, 0) is 6.61 Å². The summed E-state index contributed by atoms with van der Waals surface area (Å²) in [5.41, 5.74) is 2.67. The van der Waals surface area contributed by atoms with Gasteiger partial charge in [0.15, 0.2) is 6.29 Å². The lowest BCUT2D eigenvalue weighted by Gasteiger charge is -2.10. The van der Waals surface area contributed by atoms with E-state index in [1.54, 1.807) is 13.0 Å². The quantitative estimate of drug-likeness (QED) is 0.812. The van der Waals surface area contributed by atoms with Crippen LogP contribution >= 0.6 is 15.9 Å². The average Bonchev–Trinajstić information content (AvgIpc) is 2.73. The molecule has 0 saturated heterocycles. The number of aldehydes is 1. The fraction of sp³-hybridized carbons (Fsp3) is 0.250. The molecule has 1 aromatic carbocycles. The normalized spacial score (nSPS) is 10.4. The Labute approximate surface area is 112 Å². The van der Waals surface area contributed by atoms with Crippen molar-refractivity contribution in [2.75, 3.05) is 0 Å². The molecule has 0 aliphatic rings. The Hall–Kier alpha value is -1.69. The second kappa shape index (κ2) is 5.30. The fourth-order valence-electron chi connectivity index (χ4n) is 1.56. The SMILES string of the molecule is Cc1cc(Br)cc(C=O)c1OCc1nonc1C. The van der Waals surface area contributed by atoms with Crippen molar-refractivity contribution in [1.29, 1.82) is 0 Å². The van der Waals surface area contributed by atoms with Gasteiger partial charge in [-0.15, -0.1) is 0 Å². The van der Waals surface area contributed by atoms with Gasteiger partial charge in [0.1, 0.15) is 23.7 Å². The number of carbonyl (C=O) groups is 1. The van der Waals surface area contributed by atoms with Crippen LogP contribution in [0.5, 0.6) is 5.75 Å². The number of benzene rings is 1. The van der Waals surface area contributed by atoms with Crippen molar-refractivity contribution in [3.8, 4) is 5.75 Å². The van der Waals surface area contributed by atoms with Crippen molar-refractivity contribution in [3.63, 3.8) is 0 Å². The first-order valence-electron chi connectivity index (χ1n) is 5.28. The lowest BCUT2D eigenvalue weighted by molar-refractivity contribution is 0.111. The van der Waals surface area contributed by atoms with E-state index in [0.29, 0.717) is 22.7 Å². The van der Waals surface area contributed by atoms with E-state index in [1.807, 2.05) is 13.0 Å². The molecule has 2 aromatic rings. The van der Waals surface area contributed by atoms with E-state index in [4.69, 9.17) is 4.74 Å². The summed E-state index contributed by atoms with van der Waals surface area (Å²) in [6.45, 7) is 3.88. The first-order valence-corrected chi connectivity index (χ1v) is 6.07. The van der Waals surface area contributed by atoms with Gasteiger partial charge in [0.2, 0.25) is 0 Å². The number of hydrogen-bond acceptors (Lipinski definition) is 5. The van der Waals surface area contributed by atoms with E-state index >= 15 is 0 Å². The third-order valence-electron chi connectivity index (χ3n) is 2.49. The summed E-state index contributed by atoms with van der Waals surface area (Å²) in [4.78, 5) is 11.0. The van der Waals surface area contributed by atoms with Gasteiger partial charge in [-0.1, -0.05) is 26.2 Å². The minimum Gasteiger partial charge on any atom is -0.486 e. The number of carbonyl (C=O) groups excluding carboxylic acids is 1. The lowest BCUT2D eigenvalue weighted by Crippen LogP contribution is -2.02. The molecule has 0 saturated carbocycles. The molecule has 1 aromatic heterocycles. The van der Waals surface area contributed by atoms with Crippen LogP contribution in [0.25, 0.3) is 0 Å². The number of aromatic nitrogens is 2. The fourth-order valence-corrected chi connectivity index (χ4v) is 2.15. The van der Waals surface area contributed by atoms with E-state index in [-0.39, 0.29) is 6.61 Å². The Morgan fingerprint density at radius 3 is 2.78 bits per heavy atom. The van der Waals surface area contributed by atoms with Crippen LogP contribution in [0.4, 0.5) is 0 Å². The number of aryl methyl sites for hydroxylation is 2. The van der Waals surface area contributed by atoms with Crippen molar-refractivity contribution in [3.05, 3.63) is 39.1 Å². The van der Waals surface area contributed by atoms with Crippen molar-refractivity contribution in [2.24, 2.45) is 0 Å². The summed E-state index contributed by atoms with van der Waals surface area (Å²) in [7, 11) is 0. The van der Waals surface area contributed by atoms with Gasteiger partial charge in [-0.2, -0.15) is 0 Å². The van der Waals surface area contributed by atoms with Gasteiger partial charge in [-0.3, -0.25) is 4.79 Å². The van der Waals surface area contributed by atoms with E-state index in [2.05, 4.69) is 30.9 Å². The van der Waals surface area contributed by atoms with Gasteiger partial charge < -0.3 is 4.74 Å². The van der Waals surface area contributed by atoms with Crippen LogP contribution in [0.15, 0.2) is 21.2 Å². The Morgan fingerprint density at radius 1 is 1.39 bits per heavy atom. The molecule has 6 heteroatoms. The van der Waals surface area contributed by atoms with E-state index < -0.39 is 0 Å². The topological polar surface area (TPSA) is 65.2 Å². The Kier molecular flexibility index (Phi) is 3.76. The first kappa shape index (κ1) is 12.8. The zero-order valence-corrected chi connectivity index (χ0v) is 11.5. The minimum atomic E-state index is 0.221. The summed E-state index contributed by atoms with van der Waals surface area (Å²) < 4.78 is 11.0. The van der Waals surface area contributed by atoms with Crippen LogP contribution in [0.2, 0.25) is 0 Å². The Bertz CT molecular complexity index is 581. The molecule has 5 nitrogen and oxygen atoms in total. The van der Waals surface area contributed by atoms with E-state index in [9.17, 15) is 4.79 Å². The molecule has 0 fully saturated rings. The molecule has 0 N–H and O–H groups in total. The van der Waals surface area contributed by atoms with Gasteiger partial charge in [0.05, 0.1) is 5.56 Å². The minimum absolute atomic E-state index is 0.221. The molecule has 18 heavy (non-hydrogen) atoms. The predicted molar refractivity (Wildman–Crippen MR) is 67.6 cm³/mol. The standard InChI is InChI=1S/C12H11BrN2O3/c1-7-3-10(13)4-9(5-16)12(7)17-6-11-8(2)14-18-15-11/h3-5H,6H2,1-2H3. The van der Waals surface area contributed by atoms with Gasteiger partial charge in [-0.05, 0) is 31.5 Å². The maximum Gasteiger partial charge on any atom is 0.153 e. The Morgan fingerprint density at radius 2 is 2.17 bits per heavy atom. The summed E-state index contributed by atoms with van der Waals surface area (Å²) >= 11 is 3.34. The highest BCUT2D eigenvalue weighted by Crippen LogP contribution is 2.27. The molecule has 0 aliphatic carbocycles. The highest BCUT2D eigenvalue weighted by atomic mass is 79.9. The summed E-state index contributed by atoms with van der Waals surface area (Å²) in [6, 6.07) is 3.60. The number of halogens is 1. The number of hydrogen-bond donors (Lipinski definition) is 0. The van der Waals surface area contributed by atoms with Crippen molar-refractivity contribution < 1.29 is 14.2 Å². The zero-order chi connectivity index (χ0) is 13.1. The molecule has 1 heterocycles.